The molecule has 1 aromatic rings. The summed E-state index contributed by atoms with van der Waals surface area (Å²) >= 11 is 0. The van der Waals surface area contributed by atoms with E-state index in [2.05, 4.69) is 5.32 Å². The van der Waals surface area contributed by atoms with E-state index < -0.39 is 11.6 Å². The van der Waals surface area contributed by atoms with Crippen LogP contribution in [0.3, 0.4) is 0 Å². The summed E-state index contributed by atoms with van der Waals surface area (Å²) in [6.07, 6.45) is 5.17. The Labute approximate surface area is 119 Å². The predicted molar refractivity (Wildman–Crippen MR) is 75.6 cm³/mol. The van der Waals surface area contributed by atoms with Crippen LogP contribution >= 0.6 is 0 Å². The summed E-state index contributed by atoms with van der Waals surface area (Å²) < 4.78 is 33.3. The maximum absolute atomic E-state index is 14.1. The van der Waals surface area contributed by atoms with E-state index in [1.807, 2.05) is 14.0 Å². The number of hydrogen-bond acceptors (Lipinski definition) is 2. The van der Waals surface area contributed by atoms with Crippen LogP contribution in [0.2, 0.25) is 0 Å². The highest BCUT2D eigenvalue weighted by molar-refractivity contribution is 5.25. The van der Waals surface area contributed by atoms with Crippen LogP contribution in [0.15, 0.2) is 18.2 Å². The van der Waals surface area contributed by atoms with Crippen molar-refractivity contribution < 1.29 is 13.5 Å². The SMILES string of the molecule is CCOC1(C(NC)c2ccc(F)cc2F)CCCCC1. The zero-order valence-electron chi connectivity index (χ0n) is 12.2. The maximum Gasteiger partial charge on any atom is 0.131 e. The number of hydrogen-bond donors (Lipinski definition) is 1. The molecule has 1 aliphatic rings. The van der Waals surface area contributed by atoms with Gasteiger partial charge in [0.05, 0.1) is 11.6 Å². The molecule has 0 amide bonds. The number of rotatable bonds is 5. The van der Waals surface area contributed by atoms with Gasteiger partial charge in [0, 0.05) is 18.2 Å². The first kappa shape index (κ1) is 15.4. The second-order valence-corrected chi connectivity index (χ2v) is 5.45. The average molecular weight is 283 g/mol. The normalized spacial score (nSPS) is 19.8. The molecule has 0 bridgehead atoms. The number of ether oxygens (including phenoxy) is 1. The predicted octanol–water partition coefficient (Wildman–Crippen LogP) is 3.96. The van der Waals surface area contributed by atoms with Gasteiger partial charge in [-0.2, -0.15) is 0 Å². The van der Waals surface area contributed by atoms with Crippen molar-refractivity contribution in [2.24, 2.45) is 0 Å². The summed E-state index contributed by atoms with van der Waals surface area (Å²) in [5.74, 6) is -1.05. The molecule has 1 N–H and O–H groups in total. The van der Waals surface area contributed by atoms with Gasteiger partial charge in [0.2, 0.25) is 0 Å². The van der Waals surface area contributed by atoms with Gasteiger partial charge < -0.3 is 10.1 Å². The number of halogens is 2. The van der Waals surface area contributed by atoms with Crippen molar-refractivity contribution in [3.8, 4) is 0 Å². The lowest BCUT2D eigenvalue weighted by atomic mass is 9.76. The summed E-state index contributed by atoms with van der Waals surface area (Å²) in [7, 11) is 1.81. The smallest absolute Gasteiger partial charge is 0.131 e. The minimum absolute atomic E-state index is 0.247. The molecule has 0 aliphatic heterocycles. The first-order valence-corrected chi connectivity index (χ1v) is 7.39. The topological polar surface area (TPSA) is 21.3 Å². The van der Waals surface area contributed by atoms with Gasteiger partial charge in [-0.3, -0.25) is 0 Å². The third kappa shape index (κ3) is 3.01. The van der Waals surface area contributed by atoms with E-state index >= 15 is 0 Å². The molecule has 0 heterocycles. The van der Waals surface area contributed by atoms with E-state index in [1.165, 1.54) is 18.6 Å². The van der Waals surface area contributed by atoms with Crippen LogP contribution in [0.1, 0.15) is 50.6 Å². The zero-order valence-corrected chi connectivity index (χ0v) is 12.2. The molecule has 112 valence electrons. The number of nitrogens with one attached hydrogen (secondary N) is 1. The first-order valence-electron chi connectivity index (χ1n) is 7.39. The van der Waals surface area contributed by atoms with Gasteiger partial charge in [0.15, 0.2) is 0 Å². The Morgan fingerprint density at radius 3 is 2.50 bits per heavy atom. The Kier molecular flexibility index (Phi) is 5.11. The van der Waals surface area contributed by atoms with Crippen molar-refractivity contribution in [3.63, 3.8) is 0 Å². The molecule has 1 unspecified atom stereocenters. The molecule has 20 heavy (non-hydrogen) atoms. The largest absolute Gasteiger partial charge is 0.373 e. The van der Waals surface area contributed by atoms with Crippen molar-refractivity contribution in [2.45, 2.75) is 50.7 Å². The Bertz CT molecular complexity index is 439. The summed E-state index contributed by atoms with van der Waals surface area (Å²) in [6, 6.07) is 3.54. The van der Waals surface area contributed by atoms with Crippen LogP contribution < -0.4 is 5.32 Å². The monoisotopic (exact) mass is 283 g/mol. The molecule has 0 saturated heterocycles. The van der Waals surface area contributed by atoms with Crippen molar-refractivity contribution in [1.82, 2.24) is 5.32 Å². The molecule has 2 rings (SSSR count). The van der Waals surface area contributed by atoms with Gasteiger partial charge >= 0.3 is 0 Å². The van der Waals surface area contributed by atoms with Gasteiger partial charge in [-0.1, -0.05) is 25.3 Å². The van der Waals surface area contributed by atoms with Crippen LogP contribution in [0.5, 0.6) is 0 Å². The average Bonchev–Trinajstić information content (AvgIpc) is 2.43. The highest BCUT2D eigenvalue weighted by Gasteiger charge is 2.41. The van der Waals surface area contributed by atoms with E-state index in [0.717, 1.165) is 31.7 Å². The minimum Gasteiger partial charge on any atom is -0.373 e. The molecule has 1 aliphatic carbocycles. The summed E-state index contributed by atoms with van der Waals surface area (Å²) in [4.78, 5) is 0. The molecule has 1 saturated carbocycles. The molecule has 4 heteroatoms. The van der Waals surface area contributed by atoms with Gasteiger partial charge in [-0.05, 0) is 32.9 Å². The van der Waals surface area contributed by atoms with Crippen molar-refractivity contribution >= 4 is 0 Å². The second-order valence-electron chi connectivity index (χ2n) is 5.45. The molecule has 1 aromatic carbocycles. The minimum atomic E-state index is -0.546. The van der Waals surface area contributed by atoms with Crippen LogP contribution in [0.25, 0.3) is 0 Å². The lowest BCUT2D eigenvalue weighted by Gasteiger charge is -2.43. The molecule has 1 fully saturated rings. The van der Waals surface area contributed by atoms with E-state index in [-0.39, 0.29) is 11.6 Å². The molecule has 0 spiro atoms. The van der Waals surface area contributed by atoms with Crippen molar-refractivity contribution in [2.75, 3.05) is 13.7 Å². The zero-order chi connectivity index (χ0) is 14.6. The van der Waals surface area contributed by atoms with E-state index in [4.69, 9.17) is 4.74 Å². The van der Waals surface area contributed by atoms with Gasteiger partial charge in [0.1, 0.15) is 11.6 Å². The second kappa shape index (κ2) is 6.64. The molecule has 2 nitrogen and oxygen atoms in total. The van der Waals surface area contributed by atoms with Crippen LogP contribution in [0.4, 0.5) is 8.78 Å². The first-order chi connectivity index (χ1) is 9.63. The van der Waals surface area contributed by atoms with Gasteiger partial charge in [0.25, 0.3) is 0 Å². The van der Waals surface area contributed by atoms with Gasteiger partial charge in [-0.15, -0.1) is 0 Å². The summed E-state index contributed by atoms with van der Waals surface area (Å²) in [6.45, 7) is 2.56. The third-order valence-electron chi connectivity index (χ3n) is 4.22. The molecule has 0 radical (unpaired) electrons. The molecular weight excluding hydrogens is 260 g/mol. The molecule has 0 aromatic heterocycles. The van der Waals surface area contributed by atoms with E-state index in [9.17, 15) is 8.78 Å². The summed E-state index contributed by atoms with van der Waals surface area (Å²) in [5.41, 5.74) is 0.102. The fourth-order valence-corrected chi connectivity index (χ4v) is 3.39. The highest BCUT2D eigenvalue weighted by atomic mass is 19.1. The Morgan fingerprint density at radius 2 is 1.95 bits per heavy atom. The number of likely N-dealkylation sites (N-methyl/N-ethyl adjacent to an activating group) is 1. The van der Waals surface area contributed by atoms with Crippen LogP contribution in [-0.4, -0.2) is 19.3 Å². The van der Waals surface area contributed by atoms with E-state index in [0.29, 0.717) is 12.2 Å². The van der Waals surface area contributed by atoms with Gasteiger partial charge in [-0.25, -0.2) is 8.78 Å². The van der Waals surface area contributed by atoms with Crippen LogP contribution in [-0.2, 0) is 4.74 Å². The van der Waals surface area contributed by atoms with Crippen LogP contribution in [0, 0.1) is 11.6 Å². The molecular formula is C16H23F2NO. The van der Waals surface area contributed by atoms with Crippen molar-refractivity contribution in [3.05, 3.63) is 35.4 Å². The fraction of sp³-hybridized carbons (Fsp3) is 0.625. The number of benzene rings is 1. The molecule has 1 atom stereocenters. The Balaban J connectivity index is 2.37. The summed E-state index contributed by atoms with van der Waals surface area (Å²) in [5, 5.41) is 3.19. The Hall–Kier alpha value is -1.00. The third-order valence-corrected chi connectivity index (χ3v) is 4.22. The Morgan fingerprint density at radius 1 is 1.25 bits per heavy atom. The lowest BCUT2D eigenvalue weighted by Crippen LogP contribution is -2.47. The fourth-order valence-electron chi connectivity index (χ4n) is 3.39. The quantitative estimate of drug-likeness (QED) is 0.883. The highest BCUT2D eigenvalue weighted by Crippen LogP contribution is 2.42. The standard InChI is InChI=1S/C16H23F2NO/c1-3-20-16(9-5-4-6-10-16)15(19-2)13-8-7-12(17)11-14(13)18/h7-8,11,15,19H,3-6,9-10H2,1-2H3. The lowest BCUT2D eigenvalue weighted by molar-refractivity contribution is -0.0904. The maximum atomic E-state index is 14.1. The van der Waals surface area contributed by atoms with Crippen molar-refractivity contribution in [1.29, 1.82) is 0 Å². The van der Waals surface area contributed by atoms with E-state index in [1.54, 1.807) is 0 Å².